The van der Waals surface area contributed by atoms with E-state index in [9.17, 15) is 53.7 Å². The van der Waals surface area contributed by atoms with E-state index >= 15 is 0 Å². The number of nitrogens with two attached hydrogens (primary N) is 2. The minimum atomic E-state index is -1.73. The predicted octanol–water partition coefficient (Wildman–Crippen LogP) is -3.83. The van der Waals surface area contributed by atoms with Crippen LogP contribution in [0.5, 0.6) is 0 Å². The quantitative estimate of drug-likeness (QED) is 0.0580. The molecule has 0 aliphatic carbocycles. The molecule has 1 rings (SSSR count). The minimum Gasteiger partial charge on any atom is -0.480 e. The number of hydrogen-bond acceptors (Lipinski definition) is 11. The Bertz CT molecular complexity index is 1240. The Morgan fingerprint density at radius 2 is 1.34 bits per heavy atom. The van der Waals surface area contributed by atoms with Gasteiger partial charge in [0.2, 0.25) is 41.4 Å². The highest BCUT2D eigenvalue weighted by atomic mass is 16.4. The maximum Gasteiger partial charge on any atom is 0.326 e. The van der Waals surface area contributed by atoms with Crippen LogP contribution in [0.2, 0.25) is 0 Å². The van der Waals surface area contributed by atoms with E-state index in [1.807, 2.05) is 0 Å². The molecule has 1 fully saturated rings. The number of aliphatic hydroxyl groups excluding tert-OH is 2. The van der Waals surface area contributed by atoms with E-state index in [-0.39, 0.29) is 44.1 Å². The molecule has 284 valence electrons. The van der Waals surface area contributed by atoms with Crippen molar-refractivity contribution in [2.75, 3.05) is 13.2 Å². The second kappa shape index (κ2) is 20.3. The van der Waals surface area contributed by atoms with Crippen LogP contribution in [-0.2, 0) is 38.4 Å². The summed E-state index contributed by atoms with van der Waals surface area (Å²) in [6, 6.07) is -8.96. The average molecular weight is 715 g/mol. The Morgan fingerprint density at radius 3 is 1.82 bits per heavy atom. The molecule has 1 aliphatic heterocycles. The molecule has 0 aromatic heterocycles. The van der Waals surface area contributed by atoms with Crippen LogP contribution in [0.15, 0.2) is 0 Å². The third kappa shape index (κ3) is 13.5. The Hall–Kier alpha value is -4.36. The molecule has 0 aromatic carbocycles. The molecule has 12 N–H and O–H groups in total. The summed E-state index contributed by atoms with van der Waals surface area (Å²) in [6.45, 7) is 8.92. The molecular formula is C31H54N8O11. The van der Waals surface area contributed by atoms with Crippen molar-refractivity contribution in [1.82, 2.24) is 31.5 Å². The standard InChI is InChI=1S/C31H54N8O11/c1-14(2)12-19(35-28(46)21-8-7-11-39(21)30(48)23(15(3)4)37-25(43)16(5)32)26(44)36-20(13-40)27(45)38-24(17(6)41)29(47)34-18(31(49)50)9-10-22(33)42/h14-21,23-24,40-41H,7-13,32H2,1-6H3,(H2,33,42)(H,34,47)(H,35,46)(H,36,44)(H,37,43)(H,38,45)(H,49,50)/t16-,17+,18-,19-,20-,21-,23-,24-/m0/s1. The second-order valence-corrected chi connectivity index (χ2v) is 13.3. The first-order valence-electron chi connectivity index (χ1n) is 16.6. The lowest BCUT2D eigenvalue weighted by molar-refractivity contribution is -0.143. The number of carboxylic acids is 1. The summed E-state index contributed by atoms with van der Waals surface area (Å²) in [7, 11) is 0. The van der Waals surface area contributed by atoms with Gasteiger partial charge in [0.1, 0.15) is 36.3 Å². The van der Waals surface area contributed by atoms with Crippen molar-refractivity contribution >= 4 is 47.3 Å². The summed E-state index contributed by atoms with van der Waals surface area (Å²) in [6.07, 6.45) is -1.42. The van der Waals surface area contributed by atoms with Crippen molar-refractivity contribution in [3.63, 3.8) is 0 Å². The lowest BCUT2D eigenvalue weighted by atomic mass is 10.0. The average Bonchev–Trinajstić information content (AvgIpc) is 3.51. The molecule has 0 bridgehead atoms. The third-order valence-electron chi connectivity index (χ3n) is 7.99. The molecule has 0 saturated carbocycles. The number of carbonyl (C=O) groups excluding carboxylic acids is 7. The Balaban J connectivity index is 3.09. The summed E-state index contributed by atoms with van der Waals surface area (Å²) >= 11 is 0. The van der Waals surface area contributed by atoms with E-state index in [2.05, 4.69) is 26.6 Å². The molecule has 19 nitrogen and oxygen atoms in total. The lowest BCUT2D eigenvalue weighted by Crippen LogP contribution is -2.61. The van der Waals surface area contributed by atoms with E-state index in [1.165, 1.54) is 11.8 Å². The van der Waals surface area contributed by atoms with Crippen LogP contribution in [0.25, 0.3) is 0 Å². The third-order valence-corrected chi connectivity index (χ3v) is 7.99. The Kier molecular flexibility index (Phi) is 17.8. The SMILES string of the molecule is CC(C)C[C@H](NC(=O)[C@@H]1CCCN1C(=O)[C@@H](NC(=O)[C@H](C)N)C(C)C)C(=O)N[C@@H](CO)C(=O)N[C@H](C(=O)N[C@@H](CCC(N)=O)C(=O)O)[C@@H](C)O. The van der Waals surface area contributed by atoms with E-state index in [1.54, 1.807) is 27.7 Å². The maximum atomic E-state index is 13.5. The van der Waals surface area contributed by atoms with Crippen molar-refractivity contribution in [2.24, 2.45) is 23.3 Å². The lowest BCUT2D eigenvalue weighted by Gasteiger charge is -2.32. The van der Waals surface area contributed by atoms with Gasteiger partial charge in [0.15, 0.2) is 0 Å². The van der Waals surface area contributed by atoms with Crippen LogP contribution in [0.4, 0.5) is 0 Å². The number of carbonyl (C=O) groups is 8. The zero-order valence-electron chi connectivity index (χ0n) is 29.4. The van der Waals surface area contributed by atoms with E-state index < -0.39 is 102 Å². The number of nitrogens with one attached hydrogen (secondary N) is 5. The number of primary amides is 1. The number of aliphatic carboxylic acids is 1. The summed E-state index contributed by atoms with van der Waals surface area (Å²) in [5.74, 6) is -7.51. The molecule has 0 radical (unpaired) electrons. The molecule has 0 aromatic rings. The molecule has 7 amide bonds. The molecule has 50 heavy (non-hydrogen) atoms. The van der Waals surface area contributed by atoms with E-state index in [4.69, 9.17) is 11.5 Å². The second-order valence-electron chi connectivity index (χ2n) is 13.3. The van der Waals surface area contributed by atoms with Crippen LogP contribution >= 0.6 is 0 Å². The normalized spacial score (nSPS) is 18.5. The zero-order valence-corrected chi connectivity index (χ0v) is 29.4. The molecule has 1 heterocycles. The molecule has 1 aliphatic rings. The van der Waals surface area contributed by atoms with Gasteiger partial charge < -0.3 is 58.3 Å². The van der Waals surface area contributed by atoms with Gasteiger partial charge in [-0.1, -0.05) is 27.7 Å². The van der Waals surface area contributed by atoms with Crippen molar-refractivity contribution in [2.45, 2.75) is 122 Å². The molecule has 0 spiro atoms. The van der Waals surface area contributed by atoms with Gasteiger partial charge in [0.25, 0.3) is 0 Å². The fourth-order valence-electron chi connectivity index (χ4n) is 5.18. The molecule has 0 unspecified atom stereocenters. The van der Waals surface area contributed by atoms with Crippen LogP contribution in [0, 0.1) is 11.8 Å². The summed E-state index contributed by atoms with van der Waals surface area (Å²) in [4.78, 5) is 103. The van der Waals surface area contributed by atoms with Crippen molar-refractivity contribution in [3.05, 3.63) is 0 Å². The number of rotatable bonds is 20. The highest BCUT2D eigenvalue weighted by Gasteiger charge is 2.40. The number of amides is 7. The van der Waals surface area contributed by atoms with Crippen molar-refractivity contribution in [3.8, 4) is 0 Å². The van der Waals surface area contributed by atoms with Crippen LogP contribution < -0.4 is 38.1 Å². The number of likely N-dealkylation sites (tertiary alicyclic amines) is 1. The number of nitrogens with zero attached hydrogens (tertiary/aromatic N) is 1. The summed E-state index contributed by atoms with van der Waals surface area (Å²) in [5, 5.41) is 41.4. The molecule has 8 atom stereocenters. The van der Waals surface area contributed by atoms with Gasteiger partial charge in [-0.15, -0.1) is 0 Å². The van der Waals surface area contributed by atoms with Gasteiger partial charge in [-0.05, 0) is 51.4 Å². The van der Waals surface area contributed by atoms with Crippen molar-refractivity contribution in [1.29, 1.82) is 0 Å². The predicted molar refractivity (Wildman–Crippen MR) is 177 cm³/mol. The summed E-state index contributed by atoms with van der Waals surface area (Å²) < 4.78 is 0. The van der Waals surface area contributed by atoms with Gasteiger partial charge in [-0.25, -0.2) is 4.79 Å². The largest absolute Gasteiger partial charge is 0.480 e. The first-order chi connectivity index (χ1) is 23.2. The minimum absolute atomic E-state index is 0.0949. The first-order valence-corrected chi connectivity index (χ1v) is 16.6. The Labute approximate surface area is 291 Å². The molecule has 19 heteroatoms. The maximum absolute atomic E-state index is 13.5. The highest BCUT2D eigenvalue weighted by molar-refractivity contribution is 5.97. The van der Waals surface area contributed by atoms with Crippen LogP contribution in [-0.4, -0.2) is 129 Å². The monoisotopic (exact) mass is 714 g/mol. The van der Waals surface area contributed by atoms with Gasteiger partial charge in [-0.2, -0.15) is 0 Å². The van der Waals surface area contributed by atoms with E-state index in [0.29, 0.717) is 6.42 Å². The van der Waals surface area contributed by atoms with E-state index in [0.717, 1.165) is 6.92 Å². The number of carboxylic acid groups (broad SMARTS) is 1. The highest BCUT2D eigenvalue weighted by Crippen LogP contribution is 2.21. The smallest absolute Gasteiger partial charge is 0.326 e. The van der Waals surface area contributed by atoms with Gasteiger partial charge in [0, 0.05) is 13.0 Å². The van der Waals surface area contributed by atoms with Gasteiger partial charge in [0.05, 0.1) is 18.8 Å². The van der Waals surface area contributed by atoms with Gasteiger partial charge in [-0.3, -0.25) is 33.6 Å². The number of hydrogen-bond donors (Lipinski definition) is 10. The topological polar surface area (TPSA) is 313 Å². The molecule has 1 saturated heterocycles. The number of aliphatic hydroxyl groups is 2. The zero-order chi connectivity index (χ0) is 38.5. The fraction of sp³-hybridized carbons (Fsp3) is 0.742. The first kappa shape index (κ1) is 43.7. The van der Waals surface area contributed by atoms with Crippen LogP contribution in [0.1, 0.15) is 73.6 Å². The Morgan fingerprint density at radius 1 is 0.780 bits per heavy atom. The van der Waals surface area contributed by atoms with Gasteiger partial charge >= 0.3 is 5.97 Å². The molecular weight excluding hydrogens is 660 g/mol. The fourth-order valence-corrected chi connectivity index (χ4v) is 5.18. The summed E-state index contributed by atoms with van der Waals surface area (Å²) in [5.41, 5.74) is 10.7. The van der Waals surface area contributed by atoms with Crippen LogP contribution in [0.3, 0.4) is 0 Å². The van der Waals surface area contributed by atoms with Crippen molar-refractivity contribution < 1.29 is 53.7 Å².